The first-order valence-corrected chi connectivity index (χ1v) is 14.1. The average molecular weight is 453 g/mol. The average Bonchev–Trinajstić information content (AvgIpc) is 2.86. The lowest BCUT2D eigenvalue weighted by molar-refractivity contribution is -0.162. The summed E-state index contributed by atoms with van der Waals surface area (Å²) in [6.45, 7) is 4.04. The van der Waals surface area contributed by atoms with Gasteiger partial charge in [-0.15, -0.1) is 0 Å². The zero-order valence-electron chi connectivity index (χ0n) is 21.3. The van der Waals surface area contributed by atoms with E-state index in [1.807, 2.05) is 0 Å². The molecule has 0 aromatic heterocycles. The van der Waals surface area contributed by atoms with E-state index in [2.05, 4.69) is 43.3 Å². The minimum atomic E-state index is 0.0838. The van der Waals surface area contributed by atoms with Crippen LogP contribution in [0.5, 0.6) is 0 Å². The Hall–Kier alpha value is -1.38. The van der Waals surface area contributed by atoms with Gasteiger partial charge in [0.1, 0.15) is 0 Å². The van der Waals surface area contributed by atoms with Crippen LogP contribution in [-0.2, 0) is 22.3 Å². The summed E-state index contributed by atoms with van der Waals surface area (Å²) in [6.07, 6.45) is 22.1. The van der Waals surface area contributed by atoms with Gasteiger partial charge < -0.3 is 9.47 Å². The van der Waals surface area contributed by atoms with E-state index in [4.69, 9.17) is 9.47 Å². The van der Waals surface area contributed by atoms with E-state index in [1.165, 1.54) is 119 Å². The van der Waals surface area contributed by atoms with Crippen molar-refractivity contribution in [2.45, 2.75) is 122 Å². The molecule has 184 valence electrons. The summed E-state index contributed by atoms with van der Waals surface area (Å²) in [5.74, 6) is 0. The van der Waals surface area contributed by atoms with Crippen molar-refractivity contribution in [1.82, 2.24) is 0 Å². The molecule has 1 aliphatic rings. The molecule has 1 heterocycles. The summed E-state index contributed by atoms with van der Waals surface area (Å²) >= 11 is 0. The summed E-state index contributed by atoms with van der Waals surface area (Å²) in [7, 11) is 0. The molecule has 1 unspecified atom stereocenters. The van der Waals surface area contributed by atoms with Crippen LogP contribution in [0, 0.1) is 0 Å². The molecule has 1 aliphatic heterocycles. The van der Waals surface area contributed by atoms with E-state index in [9.17, 15) is 0 Å². The maximum Gasteiger partial charge on any atom is 0.157 e. The van der Waals surface area contributed by atoms with Gasteiger partial charge in [0.25, 0.3) is 0 Å². The molecule has 33 heavy (non-hydrogen) atoms. The molecule has 0 aliphatic carbocycles. The number of benzene rings is 2. The minimum Gasteiger partial charge on any atom is -0.353 e. The van der Waals surface area contributed by atoms with E-state index in [0.717, 1.165) is 19.6 Å². The highest BCUT2D eigenvalue weighted by Crippen LogP contribution is 2.26. The van der Waals surface area contributed by atoms with E-state index in [1.54, 1.807) is 5.56 Å². The van der Waals surface area contributed by atoms with E-state index in [-0.39, 0.29) is 6.29 Å². The maximum atomic E-state index is 5.82. The van der Waals surface area contributed by atoms with Crippen LogP contribution < -0.4 is 0 Å². The van der Waals surface area contributed by atoms with Gasteiger partial charge in [-0.2, -0.15) is 0 Å². The molecule has 1 fully saturated rings. The summed E-state index contributed by atoms with van der Waals surface area (Å²) in [6, 6.07) is 13.9. The van der Waals surface area contributed by atoms with Crippen molar-refractivity contribution in [3.8, 4) is 0 Å². The smallest absolute Gasteiger partial charge is 0.157 e. The Bertz CT molecular complexity index is 763. The Morgan fingerprint density at radius 1 is 0.697 bits per heavy atom. The van der Waals surface area contributed by atoms with E-state index in [0.29, 0.717) is 0 Å². The largest absolute Gasteiger partial charge is 0.353 e. The van der Waals surface area contributed by atoms with E-state index < -0.39 is 0 Å². The van der Waals surface area contributed by atoms with Crippen LogP contribution in [-0.4, -0.2) is 19.5 Å². The van der Waals surface area contributed by atoms with Crippen molar-refractivity contribution in [3.05, 3.63) is 47.5 Å². The van der Waals surface area contributed by atoms with E-state index >= 15 is 0 Å². The molecule has 0 saturated carbocycles. The van der Waals surface area contributed by atoms with Crippen molar-refractivity contribution in [3.63, 3.8) is 0 Å². The number of ether oxygens (including phenoxy) is 2. The van der Waals surface area contributed by atoms with Crippen molar-refractivity contribution in [1.29, 1.82) is 0 Å². The molecular weight excluding hydrogens is 404 g/mol. The third-order valence-electron chi connectivity index (χ3n) is 7.19. The van der Waals surface area contributed by atoms with Gasteiger partial charge >= 0.3 is 0 Å². The van der Waals surface area contributed by atoms with Gasteiger partial charge in [-0.1, -0.05) is 101 Å². The number of hydrogen-bond acceptors (Lipinski definition) is 2. The lowest BCUT2D eigenvalue weighted by Gasteiger charge is -2.22. The summed E-state index contributed by atoms with van der Waals surface area (Å²) < 4.78 is 11.4. The van der Waals surface area contributed by atoms with Crippen LogP contribution in [0.2, 0.25) is 0 Å². The zero-order valence-corrected chi connectivity index (χ0v) is 21.3. The van der Waals surface area contributed by atoms with Crippen molar-refractivity contribution in [2.24, 2.45) is 0 Å². The Morgan fingerprint density at radius 2 is 1.27 bits per heavy atom. The van der Waals surface area contributed by atoms with Crippen LogP contribution in [0.15, 0.2) is 36.4 Å². The SMILES string of the molecule is CCCCCc1ccc(CCCCCCCCCCCOC2CCCCO2)c2ccccc12. The zero-order chi connectivity index (χ0) is 23.0. The minimum absolute atomic E-state index is 0.0838. The standard InChI is InChI=1S/C31H48O2/c1-2-3-11-18-27-23-24-28(30-21-14-13-20-29(27)30)19-12-9-7-5-4-6-8-10-16-25-32-31-22-15-17-26-33-31/h13-14,20-21,23-24,31H,2-12,15-19,22,25-26H2,1H3. The fourth-order valence-corrected chi connectivity index (χ4v) is 5.14. The highest BCUT2D eigenvalue weighted by atomic mass is 16.7. The van der Waals surface area contributed by atoms with Gasteiger partial charge in [0, 0.05) is 13.2 Å². The lowest BCUT2D eigenvalue weighted by atomic mass is 9.93. The Kier molecular flexibility index (Phi) is 12.9. The van der Waals surface area contributed by atoms with Gasteiger partial charge in [-0.3, -0.25) is 0 Å². The number of rotatable bonds is 17. The summed E-state index contributed by atoms with van der Waals surface area (Å²) in [4.78, 5) is 0. The van der Waals surface area contributed by atoms with Gasteiger partial charge in [0.05, 0.1) is 0 Å². The second kappa shape index (κ2) is 16.3. The normalized spacial score (nSPS) is 16.5. The van der Waals surface area contributed by atoms with Gasteiger partial charge in [0.2, 0.25) is 0 Å². The van der Waals surface area contributed by atoms with Crippen molar-refractivity contribution in [2.75, 3.05) is 13.2 Å². The van der Waals surface area contributed by atoms with Crippen LogP contribution in [0.3, 0.4) is 0 Å². The quantitative estimate of drug-likeness (QED) is 0.223. The monoisotopic (exact) mass is 452 g/mol. The molecule has 1 atom stereocenters. The number of hydrogen-bond donors (Lipinski definition) is 0. The first-order chi connectivity index (χ1) is 16.4. The topological polar surface area (TPSA) is 18.5 Å². The first kappa shape index (κ1) is 26.2. The molecule has 0 bridgehead atoms. The lowest BCUT2D eigenvalue weighted by Crippen LogP contribution is -2.22. The molecule has 2 aromatic rings. The Morgan fingerprint density at radius 3 is 1.85 bits per heavy atom. The summed E-state index contributed by atoms with van der Waals surface area (Å²) in [5, 5.41) is 2.98. The van der Waals surface area contributed by atoms with Crippen LogP contribution in [0.25, 0.3) is 10.8 Å². The number of unbranched alkanes of at least 4 members (excludes halogenated alkanes) is 10. The second-order valence-corrected chi connectivity index (χ2v) is 9.99. The molecule has 0 radical (unpaired) electrons. The fourth-order valence-electron chi connectivity index (χ4n) is 5.14. The third kappa shape index (κ3) is 9.79. The van der Waals surface area contributed by atoms with Gasteiger partial charge in [-0.05, 0) is 73.3 Å². The predicted molar refractivity (Wildman–Crippen MR) is 142 cm³/mol. The molecule has 0 spiro atoms. The molecule has 2 heteroatoms. The molecular formula is C31H48O2. The first-order valence-electron chi connectivity index (χ1n) is 14.1. The second-order valence-electron chi connectivity index (χ2n) is 9.99. The van der Waals surface area contributed by atoms with Gasteiger partial charge in [0.15, 0.2) is 6.29 Å². The molecule has 0 N–H and O–H groups in total. The van der Waals surface area contributed by atoms with Crippen LogP contribution in [0.1, 0.15) is 114 Å². The fraction of sp³-hybridized carbons (Fsp3) is 0.677. The molecule has 2 nitrogen and oxygen atoms in total. The van der Waals surface area contributed by atoms with Crippen molar-refractivity contribution >= 4 is 10.8 Å². The van der Waals surface area contributed by atoms with Crippen LogP contribution in [0.4, 0.5) is 0 Å². The maximum absolute atomic E-state index is 5.82. The highest BCUT2D eigenvalue weighted by molar-refractivity contribution is 5.88. The third-order valence-corrected chi connectivity index (χ3v) is 7.19. The van der Waals surface area contributed by atoms with Gasteiger partial charge in [-0.25, -0.2) is 0 Å². The predicted octanol–water partition coefficient (Wildman–Crippen LogP) is 9.17. The highest BCUT2D eigenvalue weighted by Gasteiger charge is 2.13. The Balaban J connectivity index is 1.22. The Labute approximate surface area is 203 Å². The number of aryl methyl sites for hydroxylation is 2. The summed E-state index contributed by atoms with van der Waals surface area (Å²) in [5.41, 5.74) is 3.09. The molecule has 3 rings (SSSR count). The van der Waals surface area contributed by atoms with Crippen LogP contribution >= 0.6 is 0 Å². The molecule has 0 amide bonds. The number of fused-ring (bicyclic) bond motifs is 1. The molecule has 1 saturated heterocycles. The van der Waals surface area contributed by atoms with Crippen molar-refractivity contribution < 1.29 is 9.47 Å². The molecule has 2 aromatic carbocycles.